The smallest absolute Gasteiger partial charge is 0.220 e. The van der Waals surface area contributed by atoms with E-state index in [1.54, 1.807) is 12.1 Å². The molecule has 0 unspecified atom stereocenters. The van der Waals surface area contributed by atoms with E-state index in [-0.39, 0.29) is 24.5 Å². The molecule has 0 aliphatic rings. The lowest BCUT2D eigenvalue weighted by Crippen LogP contribution is -2.23. The van der Waals surface area contributed by atoms with Crippen LogP contribution in [0.5, 0.6) is 0 Å². The van der Waals surface area contributed by atoms with Crippen LogP contribution >= 0.6 is 22.9 Å². The summed E-state index contributed by atoms with van der Waals surface area (Å²) >= 11 is 7.02. The number of aromatic amines is 1. The minimum Gasteiger partial charge on any atom is -0.349 e. The number of para-hydroxylation sites is 2. The fourth-order valence-electron chi connectivity index (χ4n) is 2.17. The van der Waals surface area contributed by atoms with Crippen LogP contribution in [0.15, 0.2) is 36.4 Å². The second-order valence-corrected chi connectivity index (χ2v) is 6.72. The number of nitrogens with zero attached hydrogens (tertiary/aromatic N) is 1. The molecule has 3 rings (SSSR count). The van der Waals surface area contributed by atoms with Crippen molar-refractivity contribution in [2.24, 2.45) is 0 Å². The Morgan fingerprint density at radius 1 is 1.17 bits per heavy atom. The number of nitrogens with one attached hydrogen (secondary N) is 2. The number of carbonyl (C=O) groups is 2. The van der Waals surface area contributed by atoms with Crippen LogP contribution in [-0.2, 0) is 11.3 Å². The number of halogens is 1. The Labute approximate surface area is 141 Å². The summed E-state index contributed by atoms with van der Waals surface area (Å²) in [6, 6.07) is 11.0. The highest BCUT2D eigenvalue weighted by Gasteiger charge is 2.12. The van der Waals surface area contributed by atoms with Crippen LogP contribution in [0, 0.1) is 0 Å². The van der Waals surface area contributed by atoms with Crippen LogP contribution in [0.1, 0.15) is 28.3 Å². The number of fused-ring (bicyclic) bond motifs is 1. The van der Waals surface area contributed by atoms with Gasteiger partial charge in [0.25, 0.3) is 0 Å². The average molecular weight is 348 g/mol. The Balaban J connectivity index is 1.48. The summed E-state index contributed by atoms with van der Waals surface area (Å²) in [4.78, 5) is 31.9. The second kappa shape index (κ2) is 6.93. The summed E-state index contributed by atoms with van der Waals surface area (Å²) in [5, 5.41) is 2.76. The molecule has 2 heterocycles. The third-order valence-corrected chi connectivity index (χ3v) is 4.59. The first kappa shape index (κ1) is 15.7. The molecular weight excluding hydrogens is 334 g/mol. The van der Waals surface area contributed by atoms with Crippen molar-refractivity contribution in [1.29, 1.82) is 0 Å². The molecule has 0 radical (unpaired) electrons. The number of hydrogen-bond acceptors (Lipinski definition) is 4. The van der Waals surface area contributed by atoms with Gasteiger partial charge in [-0.2, -0.15) is 0 Å². The van der Waals surface area contributed by atoms with E-state index in [9.17, 15) is 9.59 Å². The minimum atomic E-state index is -0.179. The van der Waals surface area contributed by atoms with Crippen molar-refractivity contribution in [3.8, 4) is 0 Å². The number of benzene rings is 1. The van der Waals surface area contributed by atoms with Gasteiger partial charge in [0, 0.05) is 12.8 Å². The SMILES string of the molecule is O=C(CCC(=O)c1ccc(Cl)s1)NCc1nc2ccccc2[nH]1. The Morgan fingerprint density at radius 3 is 2.74 bits per heavy atom. The van der Waals surface area contributed by atoms with E-state index in [4.69, 9.17) is 11.6 Å². The molecule has 0 aliphatic carbocycles. The molecule has 1 amide bonds. The van der Waals surface area contributed by atoms with Crippen molar-refractivity contribution in [2.75, 3.05) is 0 Å². The monoisotopic (exact) mass is 347 g/mol. The number of rotatable bonds is 6. The molecule has 0 aliphatic heterocycles. The van der Waals surface area contributed by atoms with Gasteiger partial charge in [0.15, 0.2) is 5.78 Å². The number of carbonyl (C=O) groups excluding carboxylic acids is 2. The molecule has 0 spiro atoms. The Bertz CT molecular complexity index is 823. The number of Topliss-reactive ketones (excluding diaryl/α,β-unsaturated/α-hetero) is 1. The molecule has 0 bridgehead atoms. The Morgan fingerprint density at radius 2 is 2.00 bits per heavy atom. The van der Waals surface area contributed by atoms with Gasteiger partial charge in [-0.05, 0) is 24.3 Å². The van der Waals surface area contributed by atoms with Gasteiger partial charge in [-0.3, -0.25) is 9.59 Å². The Kier molecular flexibility index (Phi) is 4.73. The van der Waals surface area contributed by atoms with Gasteiger partial charge in [0.05, 0.1) is 26.8 Å². The number of H-pyrrole nitrogens is 1. The van der Waals surface area contributed by atoms with Gasteiger partial charge in [-0.25, -0.2) is 4.98 Å². The highest BCUT2D eigenvalue weighted by atomic mass is 35.5. The summed E-state index contributed by atoms with van der Waals surface area (Å²) in [6.07, 6.45) is 0.317. The van der Waals surface area contributed by atoms with E-state index in [1.807, 2.05) is 24.3 Å². The predicted molar refractivity (Wildman–Crippen MR) is 90.8 cm³/mol. The third kappa shape index (κ3) is 3.97. The summed E-state index contributed by atoms with van der Waals surface area (Å²) in [7, 11) is 0. The number of aromatic nitrogens is 2. The molecule has 1 aromatic carbocycles. The van der Waals surface area contributed by atoms with E-state index >= 15 is 0 Å². The molecule has 0 atom stereocenters. The van der Waals surface area contributed by atoms with Gasteiger partial charge < -0.3 is 10.3 Å². The molecule has 3 aromatic rings. The predicted octanol–water partition coefficient (Wildman–Crippen LogP) is 3.56. The van der Waals surface area contributed by atoms with Crippen molar-refractivity contribution < 1.29 is 9.59 Å². The molecular formula is C16H14ClN3O2S. The molecule has 118 valence electrons. The van der Waals surface area contributed by atoms with Gasteiger partial charge >= 0.3 is 0 Å². The fourth-order valence-corrected chi connectivity index (χ4v) is 3.18. The quantitative estimate of drug-likeness (QED) is 0.669. The summed E-state index contributed by atoms with van der Waals surface area (Å²) < 4.78 is 0.572. The van der Waals surface area contributed by atoms with Crippen molar-refractivity contribution in [3.63, 3.8) is 0 Å². The first-order valence-corrected chi connectivity index (χ1v) is 8.30. The van der Waals surface area contributed by atoms with Crippen LogP contribution < -0.4 is 5.32 Å². The zero-order valence-electron chi connectivity index (χ0n) is 12.1. The number of ketones is 1. The maximum atomic E-state index is 11.9. The van der Waals surface area contributed by atoms with E-state index in [1.165, 1.54) is 11.3 Å². The van der Waals surface area contributed by atoms with E-state index in [0.29, 0.717) is 21.6 Å². The maximum Gasteiger partial charge on any atom is 0.220 e. The van der Waals surface area contributed by atoms with Crippen LogP contribution in [0.2, 0.25) is 4.34 Å². The maximum absolute atomic E-state index is 11.9. The van der Waals surface area contributed by atoms with E-state index < -0.39 is 0 Å². The lowest BCUT2D eigenvalue weighted by molar-refractivity contribution is -0.121. The number of imidazole rings is 1. The molecule has 2 N–H and O–H groups in total. The van der Waals surface area contributed by atoms with Gasteiger partial charge in [-0.15, -0.1) is 11.3 Å². The first-order valence-electron chi connectivity index (χ1n) is 7.10. The van der Waals surface area contributed by atoms with Gasteiger partial charge in [0.1, 0.15) is 5.82 Å². The van der Waals surface area contributed by atoms with Crippen molar-refractivity contribution in [2.45, 2.75) is 19.4 Å². The highest BCUT2D eigenvalue weighted by Crippen LogP contribution is 2.22. The zero-order chi connectivity index (χ0) is 16.2. The van der Waals surface area contributed by atoms with Crippen LogP contribution in [0.4, 0.5) is 0 Å². The minimum absolute atomic E-state index is 0.0687. The Hall–Kier alpha value is -2.18. The third-order valence-electron chi connectivity index (χ3n) is 3.32. The summed E-state index contributed by atoms with van der Waals surface area (Å²) in [5.74, 6) is 0.443. The zero-order valence-corrected chi connectivity index (χ0v) is 13.7. The van der Waals surface area contributed by atoms with E-state index in [0.717, 1.165) is 11.0 Å². The van der Waals surface area contributed by atoms with Crippen LogP contribution in [-0.4, -0.2) is 21.7 Å². The van der Waals surface area contributed by atoms with Gasteiger partial charge in [-0.1, -0.05) is 23.7 Å². The first-order chi connectivity index (χ1) is 11.1. The number of hydrogen-bond donors (Lipinski definition) is 2. The molecule has 23 heavy (non-hydrogen) atoms. The normalized spacial score (nSPS) is 10.8. The lowest BCUT2D eigenvalue weighted by atomic mass is 10.2. The molecule has 5 nitrogen and oxygen atoms in total. The molecule has 7 heteroatoms. The van der Waals surface area contributed by atoms with Crippen molar-refractivity contribution in [3.05, 3.63) is 51.4 Å². The molecule has 0 saturated heterocycles. The largest absolute Gasteiger partial charge is 0.349 e. The van der Waals surface area contributed by atoms with Crippen molar-refractivity contribution in [1.82, 2.24) is 15.3 Å². The lowest BCUT2D eigenvalue weighted by Gasteiger charge is -2.02. The second-order valence-electron chi connectivity index (χ2n) is 5.00. The fraction of sp³-hybridized carbons (Fsp3) is 0.188. The van der Waals surface area contributed by atoms with Crippen LogP contribution in [0.3, 0.4) is 0 Å². The topological polar surface area (TPSA) is 74.8 Å². The molecule has 0 saturated carbocycles. The number of amides is 1. The molecule has 2 aromatic heterocycles. The molecule has 0 fully saturated rings. The van der Waals surface area contributed by atoms with Gasteiger partial charge in [0.2, 0.25) is 5.91 Å². The van der Waals surface area contributed by atoms with E-state index in [2.05, 4.69) is 15.3 Å². The summed E-state index contributed by atoms with van der Waals surface area (Å²) in [5.41, 5.74) is 1.79. The highest BCUT2D eigenvalue weighted by molar-refractivity contribution is 7.18. The standard InChI is InChI=1S/C16H14ClN3O2S/c17-14-7-6-13(23-14)12(21)5-8-16(22)18-9-15-19-10-3-1-2-4-11(10)20-15/h1-4,6-7H,5,8-9H2,(H,18,22)(H,19,20). The van der Waals surface area contributed by atoms with Crippen molar-refractivity contribution >= 4 is 45.7 Å². The number of thiophene rings is 1. The summed E-state index contributed by atoms with van der Waals surface area (Å²) in [6.45, 7) is 0.312. The average Bonchev–Trinajstić information content (AvgIpc) is 3.16. The van der Waals surface area contributed by atoms with Crippen LogP contribution in [0.25, 0.3) is 11.0 Å².